The summed E-state index contributed by atoms with van der Waals surface area (Å²) in [6, 6.07) is 5.04. The molecule has 0 unspecified atom stereocenters. The predicted molar refractivity (Wildman–Crippen MR) is 64.6 cm³/mol. The molecule has 1 N–H and O–H groups in total. The Hall–Kier alpha value is -0.850. The molecule has 16 heavy (non-hydrogen) atoms. The first-order chi connectivity index (χ1) is 7.75. The number of hydrogen-bond donors (Lipinski definition) is 1. The highest BCUT2D eigenvalue weighted by Gasteiger charge is 2.02. The van der Waals surface area contributed by atoms with E-state index in [2.05, 4.69) is 30.8 Å². The largest absolute Gasteiger partial charge is 0.307 e. The van der Waals surface area contributed by atoms with Crippen LogP contribution in [0.3, 0.4) is 0 Å². The summed E-state index contributed by atoms with van der Waals surface area (Å²) >= 11 is 4.53. The average molecular weight is 302 g/mol. The Morgan fingerprint density at radius 3 is 2.94 bits per heavy atom. The summed E-state index contributed by atoms with van der Waals surface area (Å²) < 4.78 is 17.9. The van der Waals surface area contributed by atoms with E-state index in [1.165, 1.54) is 17.6 Å². The fourth-order valence-corrected chi connectivity index (χ4v) is 2.04. The Morgan fingerprint density at radius 2 is 2.25 bits per heavy atom. The second-order valence-electron chi connectivity index (χ2n) is 3.24. The molecule has 1 heterocycles. The van der Waals surface area contributed by atoms with E-state index < -0.39 is 0 Å². The van der Waals surface area contributed by atoms with Gasteiger partial charge in [-0.3, -0.25) is 0 Å². The molecule has 1 aromatic heterocycles. The zero-order valence-electron chi connectivity index (χ0n) is 8.28. The molecule has 0 aliphatic heterocycles. The van der Waals surface area contributed by atoms with Crippen molar-refractivity contribution in [3.05, 3.63) is 45.1 Å². The van der Waals surface area contributed by atoms with Crippen molar-refractivity contribution in [1.29, 1.82) is 0 Å². The molecule has 84 valence electrons. The van der Waals surface area contributed by atoms with Crippen LogP contribution in [0.25, 0.3) is 0 Å². The monoisotopic (exact) mass is 301 g/mol. The van der Waals surface area contributed by atoms with Crippen molar-refractivity contribution in [3.63, 3.8) is 0 Å². The van der Waals surface area contributed by atoms with Crippen LogP contribution in [0.15, 0.2) is 28.1 Å². The number of benzene rings is 1. The Labute approximate surface area is 105 Å². The van der Waals surface area contributed by atoms with Crippen molar-refractivity contribution in [2.45, 2.75) is 13.1 Å². The Kier molecular flexibility index (Phi) is 3.98. The topological polar surface area (TPSA) is 37.8 Å². The summed E-state index contributed by atoms with van der Waals surface area (Å²) in [4.78, 5) is 0. The standard InChI is InChI=1S/C10H9BrFN3S/c11-8-2-1-7(10(12)3-8)4-13-5-9-6-16-15-14-9/h1-3,6,13H,4-5H2. The van der Waals surface area contributed by atoms with E-state index in [9.17, 15) is 4.39 Å². The third-order valence-electron chi connectivity index (χ3n) is 2.04. The molecule has 0 atom stereocenters. The molecule has 0 radical (unpaired) electrons. The first-order valence-corrected chi connectivity index (χ1v) is 6.29. The summed E-state index contributed by atoms with van der Waals surface area (Å²) in [5.74, 6) is -0.210. The fourth-order valence-electron chi connectivity index (χ4n) is 1.25. The van der Waals surface area contributed by atoms with E-state index in [1.54, 1.807) is 6.07 Å². The van der Waals surface area contributed by atoms with Crippen molar-refractivity contribution in [2.75, 3.05) is 0 Å². The first kappa shape index (κ1) is 11.6. The van der Waals surface area contributed by atoms with Gasteiger partial charge in [-0.1, -0.05) is 26.5 Å². The van der Waals surface area contributed by atoms with Gasteiger partial charge in [0.15, 0.2) is 0 Å². The molecule has 0 aliphatic rings. The molecule has 2 aromatic rings. The first-order valence-electron chi connectivity index (χ1n) is 4.66. The van der Waals surface area contributed by atoms with Crippen molar-refractivity contribution in [2.24, 2.45) is 0 Å². The SMILES string of the molecule is Fc1cc(Br)ccc1CNCc1csnn1. The van der Waals surface area contributed by atoms with Gasteiger partial charge in [0.2, 0.25) is 0 Å². The normalized spacial score (nSPS) is 10.6. The number of aromatic nitrogens is 2. The van der Waals surface area contributed by atoms with Crippen LogP contribution in [-0.2, 0) is 13.1 Å². The fraction of sp³-hybridized carbons (Fsp3) is 0.200. The highest BCUT2D eigenvalue weighted by molar-refractivity contribution is 9.10. The van der Waals surface area contributed by atoms with Gasteiger partial charge in [-0.2, -0.15) is 0 Å². The van der Waals surface area contributed by atoms with E-state index in [1.807, 2.05) is 11.4 Å². The Morgan fingerprint density at radius 1 is 1.38 bits per heavy atom. The van der Waals surface area contributed by atoms with Gasteiger partial charge < -0.3 is 5.32 Å². The maximum Gasteiger partial charge on any atom is 0.128 e. The molecule has 3 nitrogen and oxygen atoms in total. The Balaban J connectivity index is 1.90. The van der Waals surface area contributed by atoms with Gasteiger partial charge >= 0.3 is 0 Å². The summed E-state index contributed by atoms with van der Waals surface area (Å²) in [6.45, 7) is 1.09. The molecule has 6 heteroatoms. The molecule has 0 spiro atoms. The molecular formula is C10H9BrFN3S. The zero-order valence-corrected chi connectivity index (χ0v) is 10.7. The maximum absolute atomic E-state index is 13.4. The molecule has 0 saturated heterocycles. The number of rotatable bonds is 4. The highest BCUT2D eigenvalue weighted by Crippen LogP contribution is 2.15. The zero-order chi connectivity index (χ0) is 11.4. The molecular weight excluding hydrogens is 293 g/mol. The third kappa shape index (κ3) is 3.07. The maximum atomic E-state index is 13.4. The third-order valence-corrected chi connectivity index (χ3v) is 3.09. The van der Waals surface area contributed by atoms with Crippen LogP contribution in [0.1, 0.15) is 11.3 Å². The lowest BCUT2D eigenvalue weighted by Gasteiger charge is -2.04. The van der Waals surface area contributed by atoms with Gasteiger partial charge in [-0.05, 0) is 23.7 Å². The molecule has 0 fully saturated rings. The Bertz CT molecular complexity index is 461. The average Bonchev–Trinajstić information content (AvgIpc) is 2.74. The van der Waals surface area contributed by atoms with Crippen LogP contribution in [0.5, 0.6) is 0 Å². The second-order valence-corrected chi connectivity index (χ2v) is 4.76. The van der Waals surface area contributed by atoms with Crippen LogP contribution < -0.4 is 5.32 Å². The summed E-state index contributed by atoms with van der Waals surface area (Å²) in [6.07, 6.45) is 0. The minimum atomic E-state index is -0.210. The molecule has 0 aliphatic carbocycles. The smallest absolute Gasteiger partial charge is 0.128 e. The minimum Gasteiger partial charge on any atom is -0.307 e. The van der Waals surface area contributed by atoms with Gasteiger partial charge in [0.25, 0.3) is 0 Å². The van der Waals surface area contributed by atoms with Gasteiger partial charge in [-0.25, -0.2) is 4.39 Å². The van der Waals surface area contributed by atoms with E-state index in [0.717, 1.165) is 10.2 Å². The van der Waals surface area contributed by atoms with Crippen molar-refractivity contribution < 1.29 is 4.39 Å². The number of nitrogens with zero attached hydrogens (tertiary/aromatic N) is 2. The summed E-state index contributed by atoms with van der Waals surface area (Å²) in [5, 5.41) is 8.87. The van der Waals surface area contributed by atoms with E-state index in [4.69, 9.17) is 0 Å². The van der Waals surface area contributed by atoms with Crippen LogP contribution in [0.2, 0.25) is 0 Å². The molecule has 0 amide bonds. The minimum absolute atomic E-state index is 0.210. The van der Waals surface area contributed by atoms with Crippen LogP contribution in [-0.4, -0.2) is 9.59 Å². The van der Waals surface area contributed by atoms with E-state index >= 15 is 0 Å². The lowest BCUT2D eigenvalue weighted by atomic mass is 10.2. The van der Waals surface area contributed by atoms with Crippen LogP contribution >= 0.6 is 27.5 Å². The number of halogens is 2. The van der Waals surface area contributed by atoms with E-state index in [0.29, 0.717) is 18.7 Å². The predicted octanol–water partition coefficient (Wildman–Crippen LogP) is 2.73. The van der Waals surface area contributed by atoms with E-state index in [-0.39, 0.29) is 5.82 Å². The van der Waals surface area contributed by atoms with Crippen molar-refractivity contribution >= 4 is 27.5 Å². The molecule has 0 bridgehead atoms. The van der Waals surface area contributed by atoms with Crippen LogP contribution in [0.4, 0.5) is 4.39 Å². The summed E-state index contributed by atoms with van der Waals surface area (Å²) in [7, 11) is 0. The van der Waals surface area contributed by atoms with Crippen molar-refractivity contribution in [1.82, 2.24) is 14.9 Å². The van der Waals surface area contributed by atoms with Crippen LogP contribution in [0, 0.1) is 5.82 Å². The molecule has 0 saturated carbocycles. The van der Waals surface area contributed by atoms with Gasteiger partial charge in [-0.15, -0.1) is 5.10 Å². The molecule has 1 aromatic carbocycles. The molecule has 2 rings (SSSR count). The number of hydrogen-bond acceptors (Lipinski definition) is 4. The summed E-state index contributed by atoms with van der Waals surface area (Å²) in [5.41, 5.74) is 1.52. The second kappa shape index (κ2) is 5.47. The van der Waals surface area contributed by atoms with Gasteiger partial charge in [0.1, 0.15) is 5.82 Å². The lowest BCUT2D eigenvalue weighted by molar-refractivity contribution is 0.585. The number of nitrogens with one attached hydrogen (secondary N) is 1. The van der Waals surface area contributed by atoms with Gasteiger partial charge in [0, 0.05) is 28.5 Å². The van der Waals surface area contributed by atoms with Gasteiger partial charge in [0.05, 0.1) is 5.69 Å². The van der Waals surface area contributed by atoms with Crippen molar-refractivity contribution in [3.8, 4) is 0 Å². The highest BCUT2D eigenvalue weighted by atomic mass is 79.9. The quantitative estimate of drug-likeness (QED) is 0.943. The lowest BCUT2D eigenvalue weighted by Crippen LogP contribution is -2.13.